The number of rotatable bonds is 7. The number of hydrogen-bond acceptors (Lipinski definition) is 5. The highest BCUT2D eigenvalue weighted by Crippen LogP contribution is 2.22. The maximum atomic E-state index is 12.8. The molecule has 0 radical (unpaired) electrons. The van der Waals surface area contributed by atoms with E-state index in [2.05, 4.69) is 20.3 Å². The minimum absolute atomic E-state index is 0.00863. The van der Waals surface area contributed by atoms with Crippen molar-refractivity contribution in [2.24, 2.45) is 0 Å². The molecule has 0 spiro atoms. The zero-order chi connectivity index (χ0) is 25.1. The second-order valence-electron chi connectivity index (χ2n) is 9.03. The van der Waals surface area contributed by atoms with Crippen LogP contribution < -0.4 is 15.4 Å². The highest BCUT2D eigenvalue weighted by Gasteiger charge is 2.18. The first kappa shape index (κ1) is 25.3. The van der Waals surface area contributed by atoms with Crippen LogP contribution in [0.25, 0.3) is 10.9 Å². The predicted molar refractivity (Wildman–Crippen MR) is 132 cm³/mol. The van der Waals surface area contributed by atoms with Gasteiger partial charge in [-0.1, -0.05) is 12.1 Å². The monoisotopic (exact) mass is 486 g/mol. The van der Waals surface area contributed by atoms with E-state index in [1.807, 2.05) is 26.0 Å². The first-order chi connectivity index (χ1) is 15.8. The smallest absolute Gasteiger partial charge is 0.407 e. The van der Waals surface area contributed by atoms with Crippen LogP contribution in [0.4, 0.5) is 10.5 Å². The number of aromatic nitrogens is 1. The third kappa shape index (κ3) is 6.58. The van der Waals surface area contributed by atoms with Gasteiger partial charge in [0.2, 0.25) is 10.0 Å². The molecule has 0 fully saturated rings. The zero-order valence-electron chi connectivity index (χ0n) is 19.9. The molecule has 182 valence electrons. The molecule has 0 saturated carbocycles. The Morgan fingerprint density at radius 2 is 1.76 bits per heavy atom. The van der Waals surface area contributed by atoms with Gasteiger partial charge in [-0.3, -0.25) is 4.79 Å². The molecule has 0 aliphatic carbocycles. The number of hydrogen-bond donors (Lipinski definition) is 4. The third-order valence-corrected chi connectivity index (χ3v) is 6.28. The van der Waals surface area contributed by atoms with Crippen LogP contribution in [0, 0.1) is 13.8 Å². The van der Waals surface area contributed by atoms with Crippen LogP contribution in [0.1, 0.15) is 42.4 Å². The van der Waals surface area contributed by atoms with Gasteiger partial charge in [-0.25, -0.2) is 17.9 Å². The molecule has 2 amide bonds. The molecule has 0 atom stereocenters. The summed E-state index contributed by atoms with van der Waals surface area (Å²) in [5.74, 6) is -0.377. The number of amides is 2. The van der Waals surface area contributed by atoms with Crippen LogP contribution in [0.3, 0.4) is 0 Å². The number of carbonyl (C=O) groups is 2. The molecule has 1 aromatic heterocycles. The largest absolute Gasteiger partial charge is 0.444 e. The van der Waals surface area contributed by atoms with Crippen molar-refractivity contribution in [3.05, 3.63) is 59.3 Å². The molecule has 3 rings (SSSR count). The lowest BCUT2D eigenvalue weighted by Crippen LogP contribution is -2.37. The van der Waals surface area contributed by atoms with E-state index in [0.717, 1.165) is 22.0 Å². The van der Waals surface area contributed by atoms with E-state index in [1.165, 1.54) is 12.1 Å². The number of aryl methyl sites for hydroxylation is 2. The number of anilines is 1. The number of alkyl carbamates (subject to hydrolysis) is 1. The third-order valence-electron chi connectivity index (χ3n) is 4.82. The molecule has 34 heavy (non-hydrogen) atoms. The summed E-state index contributed by atoms with van der Waals surface area (Å²) in [6, 6.07) is 11.7. The van der Waals surface area contributed by atoms with Gasteiger partial charge in [0.15, 0.2) is 0 Å². The predicted octanol–water partition coefficient (Wildman–Crippen LogP) is 3.84. The SMILES string of the molecule is Cc1cc(C)c2cc(C(=O)Nc3cccc(S(=O)(=O)NCCNC(=O)OC(C)(C)C)c3)[nH]c2c1. The van der Waals surface area contributed by atoms with Crippen molar-refractivity contribution in [1.82, 2.24) is 15.0 Å². The molecule has 3 aromatic rings. The van der Waals surface area contributed by atoms with Gasteiger partial charge in [0.25, 0.3) is 5.91 Å². The van der Waals surface area contributed by atoms with Crippen molar-refractivity contribution >= 4 is 38.6 Å². The highest BCUT2D eigenvalue weighted by atomic mass is 32.2. The standard InChI is InChI=1S/C24H30N4O5S/c1-15-11-16(2)19-14-21(28-20(19)12-15)22(29)27-17-7-6-8-18(13-17)34(31,32)26-10-9-25-23(30)33-24(3,4)5/h6-8,11-14,26,28H,9-10H2,1-5H3,(H,25,30)(H,27,29). The van der Waals surface area contributed by atoms with Crippen LogP contribution in [-0.4, -0.2) is 44.1 Å². The highest BCUT2D eigenvalue weighted by molar-refractivity contribution is 7.89. The van der Waals surface area contributed by atoms with Crippen molar-refractivity contribution in [1.29, 1.82) is 0 Å². The number of nitrogens with one attached hydrogen (secondary N) is 4. The molecular formula is C24H30N4O5S. The summed E-state index contributed by atoms with van der Waals surface area (Å²) >= 11 is 0. The lowest BCUT2D eigenvalue weighted by molar-refractivity contribution is 0.0528. The summed E-state index contributed by atoms with van der Waals surface area (Å²) in [6.07, 6.45) is -0.626. The van der Waals surface area contributed by atoms with Gasteiger partial charge in [-0.05, 0) is 76.1 Å². The normalized spacial score (nSPS) is 11.9. The lowest BCUT2D eigenvalue weighted by Gasteiger charge is -2.19. The van der Waals surface area contributed by atoms with E-state index in [4.69, 9.17) is 4.74 Å². The number of ether oxygens (including phenoxy) is 1. The number of sulfonamides is 1. The summed E-state index contributed by atoms with van der Waals surface area (Å²) in [5, 5.41) is 6.18. The number of carbonyl (C=O) groups excluding carboxylic acids is 2. The molecule has 0 unspecified atom stereocenters. The Morgan fingerprint density at radius 3 is 2.47 bits per heavy atom. The second kappa shape index (κ2) is 9.86. The molecule has 1 heterocycles. The molecule has 9 nitrogen and oxygen atoms in total. The maximum Gasteiger partial charge on any atom is 0.407 e. The number of aromatic amines is 1. The Balaban J connectivity index is 1.63. The van der Waals surface area contributed by atoms with E-state index < -0.39 is 21.7 Å². The molecule has 0 bridgehead atoms. The number of H-pyrrole nitrogens is 1. The van der Waals surface area contributed by atoms with Crippen molar-refractivity contribution in [3.63, 3.8) is 0 Å². The maximum absolute atomic E-state index is 12.8. The number of fused-ring (bicyclic) bond motifs is 1. The quantitative estimate of drug-likeness (QED) is 0.377. The van der Waals surface area contributed by atoms with Gasteiger partial charge < -0.3 is 20.4 Å². The molecular weight excluding hydrogens is 456 g/mol. The molecule has 0 aliphatic heterocycles. The van der Waals surface area contributed by atoms with Crippen LogP contribution >= 0.6 is 0 Å². The van der Waals surface area contributed by atoms with Gasteiger partial charge in [0.1, 0.15) is 11.3 Å². The Kier molecular flexibility index (Phi) is 7.32. The van der Waals surface area contributed by atoms with Crippen molar-refractivity contribution < 1.29 is 22.7 Å². The van der Waals surface area contributed by atoms with Crippen LogP contribution in [-0.2, 0) is 14.8 Å². The van der Waals surface area contributed by atoms with Crippen molar-refractivity contribution in [2.75, 3.05) is 18.4 Å². The summed E-state index contributed by atoms with van der Waals surface area (Å²) in [5.41, 5.74) is 3.09. The first-order valence-electron chi connectivity index (χ1n) is 10.8. The van der Waals surface area contributed by atoms with E-state index in [9.17, 15) is 18.0 Å². The first-order valence-corrected chi connectivity index (χ1v) is 12.3. The van der Waals surface area contributed by atoms with Gasteiger partial charge in [0, 0.05) is 29.7 Å². The minimum atomic E-state index is -3.85. The molecule has 0 aliphatic rings. The fourth-order valence-corrected chi connectivity index (χ4v) is 4.49. The lowest BCUT2D eigenvalue weighted by atomic mass is 10.1. The van der Waals surface area contributed by atoms with Gasteiger partial charge in [-0.2, -0.15) is 0 Å². The molecule has 10 heteroatoms. The summed E-state index contributed by atoms with van der Waals surface area (Å²) in [6.45, 7) is 9.22. The van der Waals surface area contributed by atoms with Gasteiger partial charge in [0.05, 0.1) is 4.90 Å². The fraction of sp³-hybridized carbons (Fsp3) is 0.333. The van der Waals surface area contributed by atoms with Gasteiger partial charge in [-0.15, -0.1) is 0 Å². The summed E-state index contributed by atoms with van der Waals surface area (Å²) in [7, 11) is -3.85. The Bertz CT molecular complexity index is 1320. The molecule has 2 aromatic carbocycles. The second-order valence-corrected chi connectivity index (χ2v) is 10.8. The fourth-order valence-electron chi connectivity index (χ4n) is 3.41. The molecule has 4 N–H and O–H groups in total. The molecule has 0 saturated heterocycles. The van der Waals surface area contributed by atoms with Crippen LogP contribution in [0.2, 0.25) is 0 Å². The van der Waals surface area contributed by atoms with Crippen molar-refractivity contribution in [3.8, 4) is 0 Å². The zero-order valence-corrected chi connectivity index (χ0v) is 20.7. The van der Waals surface area contributed by atoms with Crippen LogP contribution in [0.5, 0.6) is 0 Å². The average molecular weight is 487 g/mol. The van der Waals surface area contributed by atoms with E-state index >= 15 is 0 Å². The van der Waals surface area contributed by atoms with Crippen LogP contribution in [0.15, 0.2) is 47.4 Å². The summed E-state index contributed by atoms with van der Waals surface area (Å²) in [4.78, 5) is 27.5. The Labute approximate surface area is 199 Å². The van der Waals surface area contributed by atoms with E-state index in [0.29, 0.717) is 11.4 Å². The van der Waals surface area contributed by atoms with E-state index in [-0.39, 0.29) is 23.9 Å². The topological polar surface area (TPSA) is 129 Å². The van der Waals surface area contributed by atoms with Crippen molar-refractivity contribution in [2.45, 2.75) is 45.1 Å². The van der Waals surface area contributed by atoms with Gasteiger partial charge >= 0.3 is 6.09 Å². The Morgan fingerprint density at radius 1 is 1.03 bits per heavy atom. The average Bonchev–Trinajstić information content (AvgIpc) is 3.15. The van der Waals surface area contributed by atoms with E-state index in [1.54, 1.807) is 39.0 Å². The minimum Gasteiger partial charge on any atom is -0.444 e. The Hall–Kier alpha value is -3.37. The number of benzene rings is 2. The summed E-state index contributed by atoms with van der Waals surface area (Å²) < 4.78 is 32.8.